The third-order valence-electron chi connectivity index (χ3n) is 10.2. The van der Waals surface area contributed by atoms with Gasteiger partial charge >= 0.3 is 11.9 Å². The van der Waals surface area contributed by atoms with E-state index in [2.05, 4.69) is 55.6 Å². The average Bonchev–Trinajstić information content (AvgIpc) is 3.16. The highest BCUT2D eigenvalue weighted by Crippen LogP contribution is 2.16. The molecule has 1 amide bonds. The van der Waals surface area contributed by atoms with Gasteiger partial charge in [0.25, 0.3) is 0 Å². The van der Waals surface area contributed by atoms with Crippen LogP contribution in [0.1, 0.15) is 226 Å². The third kappa shape index (κ3) is 37.9. The standard InChI is InChI=1S/C47H86N2O5/c1-3-5-7-9-11-13-14-15-16-17-18-19-20-21-22-23-24-25-27-29-35-41-46(51)54-43(37-32-28-26-12-10-8-6-4-2)38-33-30-31-34-40-45(50)49-44(47(52)53)39-36-42-48/h14-15,17-18,32,37,43-44H,3-13,16,19-31,33-36,38-42,48H2,1-2H3,(H,49,50)(H,52,53)/b15-14-,18-17-,37-32-. The van der Waals surface area contributed by atoms with Gasteiger partial charge < -0.3 is 20.9 Å². The molecule has 4 N–H and O–H groups in total. The lowest BCUT2D eigenvalue weighted by atomic mass is 10.0. The van der Waals surface area contributed by atoms with Crippen molar-refractivity contribution in [1.29, 1.82) is 0 Å². The molecule has 0 aromatic heterocycles. The number of rotatable bonds is 41. The van der Waals surface area contributed by atoms with Gasteiger partial charge in [0, 0.05) is 12.8 Å². The van der Waals surface area contributed by atoms with Crippen LogP contribution in [0.2, 0.25) is 0 Å². The summed E-state index contributed by atoms with van der Waals surface area (Å²) in [6.07, 6.45) is 49.3. The number of hydrogen-bond acceptors (Lipinski definition) is 5. The minimum Gasteiger partial charge on any atom is -0.480 e. The monoisotopic (exact) mass is 759 g/mol. The van der Waals surface area contributed by atoms with Crippen LogP contribution in [0, 0.1) is 0 Å². The third-order valence-corrected chi connectivity index (χ3v) is 10.2. The second kappa shape index (κ2) is 41.7. The van der Waals surface area contributed by atoms with Crippen LogP contribution in [-0.2, 0) is 19.1 Å². The Balaban J connectivity index is 4.16. The highest BCUT2D eigenvalue weighted by atomic mass is 16.5. The largest absolute Gasteiger partial charge is 0.480 e. The summed E-state index contributed by atoms with van der Waals surface area (Å²) in [5.74, 6) is -1.33. The van der Waals surface area contributed by atoms with Gasteiger partial charge in [0.1, 0.15) is 12.1 Å². The van der Waals surface area contributed by atoms with Crippen LogP contribution in [0.5, 0.6) is 0 Å². The van der Waals surface area contributed by atoms with Crippen LogP contribution in [-0.4, -0.2) is 41.6 Å². The lowest BCUT2D eigenvalue weighted by molar-refractivity contribution is -0.147. The summed E-state index contributed by atoms with van der Waals surface area (Å²) in [5, 5.41) is 11.9. The Hall–Kier alpha value is -2.41. The van der Waals surface area contributed by atoms with Gasteiger partial charge in [-0.15, -0.1) is 0 Å². The maximum atomic E-state index is 12.7. The summed E-state index contributed by atoms with van der Waals surface area (Å²) in [7, 11) is 0. The molecule has 0 bridgehead atoms. The predicted octanol–water partition coefficient (Wildman–Crippen LogP) is 13.0. The first kappa shape index (κ1) is 51.6. The second-order valence-corrected chi connectivity index (χ2v) is 15.5. The number of carboxylic acid groups (broad SMARTS) is 1. The SMILES string of the molecule is CCCCCCC/C=C\C/C=C\CCCCCCCCCCCC(=O)OC(/C=C\CCCCCCCC)CCCCCCC(=O)NC(CCCN)C(=O)O. The van der Waals surface area contributed by atoms with Crippen molar-refractivity contribution < 1.29 is 24.2 Å². The van der Waals surface area contributed by atoms with Crippen molar-refractivity contribution in [2.45, 2.75) is 238 Å². The van der Waals surface area contributed by atoms with Crippen molar-refractivity contribution in [3.8, 4) is 0 Å². The van der Waals surface area contributed by atoms with E-state index in [0.29, 0.717) is 38.6 Å². The van der Waals surface area contributed by atoms with E-state index in [1.54, 1.807) is 0 Å². The molecule has 0 saturated carbocycles. The Labute approximate surface area is 333 Å². The molecule has 0 aliphatic heterocycles. The smallest absolute Gasteiger partial charge is 0.326 e. The molecule has 0 heterocycles. The number of carbonyl (C=O) groups is 3. The molecular weight excluding hydrogens is 673 g/mol. The Morgan fingerprint density at radius 3 is 1.54 bits per heavy atom. The van der Waals surface area contributed by atoms with Crippen molar-refractivity contribution in [3.05, 3.63) is 36.5 Å². The number of nitrogens with two attached hydrogens (primary N) is 1. The Morgan fingerprint density at radius 2 is 1.02 bits per heavy atom. The summed E-state index contributed by atoms with van der Waals surface area (Å²) < 4.78 is 5.93. The topological polar surface area (TPSA) is 119 Å². The summed E-state index contributed by atoms with van der Waals surface area (Å²) in [4.78, 5) is 36.4. The van der Waals surface area contributed by atoms with Crippen LogP contribution in [0.3, 0.4) is 0 Å². The lowest BCUT2D eigenvalue weighted by Gasteiger charge is -2.15. The Bertz CT molecular complexity index is 946. The maximum Gasteiger partial charge on any atom is 0.326 e. The van der Waals surface area contributed by atoms with Gasteiger partial charge in [-0.2, -0.15) is 0 Å². The number of esters is 1. The zero-order valence-electron chi connectivity index (χ0n) is 35.3. The molecule has 0 radical (unpaired) electrons. The normalized spacial score (nSPS) is 12.9. The number of unbranched alkanes of at least 4 members (excludes halogenated alkanes) is 23. The molecule has 0 fully saturated rings. The predicted molar refractivity (Wildman–Crippen MR) is 230 cm³/mol. The lowest BCUT2D eigenvalue weighted by Crippen LogP contribution is -2.40. The molecule has 7 nitrogen and oxygen atoms in total. The first-order valence-corrected chi connectivity index (χ1v) is 22.8. The molecule has 54 heavy (non-hydrogen) atoms. The van der Waals surface area contributed by atoms with Crippen molar-refractivity contribution in [3.63, 3.8) is 0 Å². The van der Waals surface area contributed by atoms with Crippen LogP contribution < -0.4 is 11.1 Å². The highest BCUT2D eigenvalue weighted by Gasteiger charge is 2.19. The quantitative estimate of drug-likeness (QED) is 0.0324. The zero-order chi connectivity index (χ0) is 39.6. The fourth-order valence-electron chi connectivity index (χ4n) is 6.68. The molecule has 2 unspecified atom stereocenters. The molecule has 7 heteroatoms. The van der Waals surface area contributed by atoms with E-state index in [1.807, 2.05) is 0 Å². The summed E-state index contributed by atoms with van der Waals surface area (Å²) in [6.45, 7) is 4.91. The van der Waals surface area contributed by atoms with E-state index in [-0.39, 0.29) is 18.0 Å². The fourth-order valence-corrected chi connectivity index (χ4v) is 6.68. The number of hydrogen-bond donors (Lipinski definition) is 3. The van der Waals surface area contributed by atoms with E-state index in [9.17, 15) is 19.5 Å². The fraction of sp³-hybridized carbons (Fsp3) is 0.809. The summed E-state index contributed by atoms with van der Waals surface area (Å²) >= 11 is 0. The zero-order valence-corrected chi connectivity index (χ0v) is 35.3. The van der Waals surface area contributed by atoms with Crippen molar-refractivity contribution in [2.75, 3.05) is 6.54 Å². The van der Waals surface area contributed by atoms with E-state index in [4.69, 9.17) is 10.5 Å². The number of ether oxygens (including phenoxy) is 1. The minimum absolute atomic E-state index is 0.0913. The van der Waals surface area contributed by atoms with Gasteiger partial charge in [-0.05, 0) is 96.1 Å². The number of nitrogens with one attached hydrogen (secondary N) is 1. The van der Waals surface area contributed by atoms with Crippen molar-refractivity contribution >= 4 is 17.8 Å². The van der Waals surface area contributed by atoms with Gasteiger partial charge in [0.2, 0.25) is 5.91 Å². The van der Waals surface area contributed by atoms with E-state index < -0.39 is 12.0 Å². The van der Waals surface area contributed by atoms with Crippen molar-refractivity contribution in [2.24, 2.45) is 5.73 Å². The Kier molecular flexibility index (Phi) is 39.9. The molecule has 0 aromatic rings. The molecular formula is C47H86N2O5. The second-order valence-electron chi connectivity index (χ2n) is 15.5. The number of carboxylic acids is 1. The first-order valence-electron chi connectivity index (χ1n) is 22.8. The average molecular weight is 759 g/mol. The van der Waals surface area contributed by atoms with Crippen LogP contribution in [0.15, 0.2) is 36.5 Å². The number of carbonyl (C=O) groups excluding carboxylic acids is 2. The Morgan fingerprint density at radius 1 is 0.556 bits per heavy atom. The molecule has 0 rings (SSSR count). The van der Waals surface area contributed by atoms with E-state index in [1.165, 1.54) is 128 Å². The van der Waals surface area contributed by atoms with Gasteiger partial charge in [-0.3, -0.25) is 9.59 Å². The molecule has 2 atom stereocenters. The van der Waals surface area contributed by atoms with Crippen LogP contribution >= 0.6 is 0 Å². The first-order chi connectivity index (χ1) is 26.4. The molecule has 0 aromatic carbocycles. The molecule has 0 aliphatic carbocycles. The van der Waals surface area contributed by atoms with Gasteiger partial charge in [-0.25, -0.2) is 4.79 Å². The highest BCUT2D eigenvalue weighted by molar-refractivity contribution is 5.83. The minimum atomic E-state index is -1.01. The molecule has 0 spiro atoms. The summed E-state index contributed by atoms with van der Waals surface area (Å²) in [5.41, 5.74) is 5.48. The van der Waals surface area contributed by atoms with Gasteiger partial charge in [-0.1, -0.05) is 160 Å². The molecule has 314 valence electrons. The van der Waals surface area contributed by atoms with Crippen LogP contribution in [0.25, 0.3) is 0 Å². The number of amides is 1. The van der Waals surface area contributed by atoms with Gasteiger partial charge in [0.05, 0.1) is 0 Å². The van der Waals surface area contributed by atoms with Gasteiger partial charge in [0.15, 0.2) is 0 Å². The molecule has 0 aliphatic rings. The van der Waals surface area contributed by atoms with E-state index >= 15 is 0 Å². The van der Waals surface area contributed by atoms with E-state index in [0.717, 1.165) is 51.4 Å². The number of aliphatic carboxylic acids is 1. The summed E-state index contributed by atoms with van der Waals surface area (Å²) in [6, 6.07) is -0.870. The molecule has 0 saturated heterocycles. The maximum absolute atomic E-state index is 12.7. The number of allylic oxidation sites excluding steroid dienone is 5. The van der Waals surface area contributed by atoms with Crippen molar-refractivity contribution in [1.82, 2.24) is 5.32 Å². The van der Waals surface area contributed by atoms with Crippen LogP contribution in [0.4, 0.5) is 0 Å².